The van der Waals surface area contributed by atoms with Crippen molar-refractivity contribution < 1.29 is 9.53 Å². The third-order valence-corrected chi connectivity index (χ3v) is 2.51. The van der Waals surface area contributed by atoms with Gasteiger partial charge in [-0.1, -0.05) is 18.5 Å². The molecule has 0 fully saturated rings. The molecule has 15 heavy (non-hydrogen) atoms. The molecule has 2 nitrogen and oxygen atoms in total. The van der Waals surface area contributed by atoms with Gasteiger partial charge in [-0.25, -0.2) is 0 Å². The summed E-state index contributed by atoms with van der Waals surface area (Å²) in [4.78, 5) is 11.4. The van der Waals surface area contributed by atoms with E-state index in [-0.39, 0.29) is 5.78 Å². The molecule has 0 atom stereocenters. The van der Waals surface area contributed by atoms with Crippen LogP contribution in [0.25, 0.3) is 0 Å². The average Bonchev–Trinajstić information content (AvgIpc) is 2.19. The second kappa shape index (κ2) is 5.17. The minimum atomic E-state index is -0.0250. The number of benzene rings is 1. The maximum absolute atomic E-state index is 11.4. The van der Waals surface area contributed by atoms with Crippen molar-refractivity contribution in [1.82, 2.24) is 0 Å². The highest BCUT2D eigenvalue weighted by molar-refractivity contribution is 6.31. The second-order valence-electron chi connectivity index (χ2n) is 3.50. The van der Waals surface area contributed by atoms with Gasteiger partial charge in [0.1, 0.15) is 5.75 Å². The second-order valence-corrected chi connectivity index (χ2v) is 3.91. The van der Waals surface area contributed by atoms with E-state index in [2.05, 4.69) is 0 Å². The molecule has 3 heteroatoms. The summed E-state index contributed by atoms with van der Waals surface area (Å²) in [7, 11) is 0. The highest BCUT2D eigenvalue weighted by atomic mass is 35.5. The third kappa shape index (κ3) is 2.96. The van der Waals surface area contributed by atoms with E-state index in [4.69, 9.17) is 16.3 Å². The summed E-state index contributed by atoms with van der Waals surface area (Å²) < 4.78 is 5.50. The van der Waals surface area contributed by atoms with Crippen LogP contribution in [0.3, 0.4) is 0 Å². The Morgan fingerprint density at radius 3 is 2.67 bits per heavy atom. The lowest BCUT2D eigenvalue weighted by molar-refractivity contribution is 0.101. The number of rotatable bonds is 4. The van der Waals surface area contributed by atoms with E-state index in [0.717, 1.165) is 12.0 Å². The predicted octanol–water partition coefficient (Wildman–Crippen LogP) is 3.64. The number of ether oxygens (including phenoxy) is 1. The maximum atomic E-state index is 11.4. The molecule has 0 bridgehead atoms. The monoisotopic (exact) mass is 226 g/mol. The van der Waals surface area contributed by atoms with Gasteiger partial charge in [0.2, 0.25) is 0 Å². The van der Waals surface area contributed by atoms with E-state index in [0.29, 0.717) is 22.9 Å². The molecule has 0 unspecified atom stereocenters. The van der Waals surface area contributed by atoms with Gasteiger partial charge in [0.05, 0.1) is 12.2 Å². The van der Waals surface area contributed by atoms with E-state index in [1.165, 1.54) is 6.92 Å². The smallest absolute Gasteiger partial charge is 0.163 e. The Morgan fingerprint density at radius 1 is 1.47 bits per heavy atom. The maximum Gasteiger partial charge on any atom is 0.163 e. The van der Waals surface area contributed by atoms with E-state index in [1.54, 1.807) is 6.07 Å². The van der Waals surface area contributed by atoms with Gasteiger partial charge >= 0.3 is 0 Å². The molecule has 0 aliphatic rings. The summed E-state index contributed by atoms with van der Waals surface area (Å²) in [5, 5.41) is 0.601. The Hall–Kier alpha value is -1.02. The Morgan fingerprint density at radius 2 is 2.13 bits per heavy atom. The number of carbonyl (C=O) groups excluding carboxylic acids is 1. The highest BCUT2D eigenvalue weighted by Gasteiger charge is 2.11. The summed E-state index contributed by atoms with van der Waals surface area (Å²) in [5.41, 5.74) is 1.48. The predicted molar refractivity (Wildman–Crippen MR) is 62.0 cm³/mol. The van der Waals surface area contributed by atoms with Crippen LogP contribution in [0.1, 0.15) is 36.2 Å². The van der Waals surface area contributed by atoms with Gasteiger partial charge < -0.3 is 4.74 Å². The Balaban J connectivity index is 3.10. The van der Waals surface area contributed by atoms with Crippen molar-refractivity contribution >= 4 is 17.4 Å². The summed E-state index contributed by atoms with van der Waals surface area (Å²) >= 11 is 5.96. The molecular formula is C12H15ClO2. The van der Waals surface area contributed by atoms with E-state index >= 15 is 0 Å². The molecule has 1 aromatic rings. The Labute approximate surface area is 95.2 Å². The molecule has 0 N–H and O–H groups in total. The van der Waals surface area contributed by atoms with Gasteiger partial charge in [-0.15, -0.1) is 0 Å². The van der Waals surface area contributed by atoms with Crippen LogP contribution in [0.5, 0.6) is 5.75 Å². The van der Waals surface area contributed by atoms with Gasteiger partial charge in [0.15, 0.2) is 5.78 Å². The molecule has 0 saturated carbocycles. The first-order valence-corrected chi connectivity index (χ1v) is 5.38. The van der Waals surface area contributed by atoms with Crippen molar-refractivity contribution in [3.63, 3.8) is 0 Å². The molecule has 0 amide bonds. The van der Waals surface area contributed by atoms with Gasteiger partial charge in [0.25, 0.3) is 0 Å². The first-order chi connectivity index (χ1) is 7.06. The standard InChI is InChI=1S/C12H15ClO2/c1-4-5-15-12-6-8(2)11(13)7-10(12)9(3)14/h6-7H,4-5H2,1-3H3. The lowest BCUT2D eigenvalue weighted by Crippen LogP contribution is -2.02. The molecule has 0 aliphatic heterocycles. The van der Waals surface area contributed by atoms with Crippen LogP contribution in [0, 0.1) is 6.92 Å². The largest absolute Gasteiger partial charge is 0.493 e. The van der Waals surface area contributed by atoms with Gasteiger partial charge in [-0.2, -0.15) is 0 Å². The zero-order valence-electron chi connectivity index (χ0n) is 9.26. The van der Waals surface area contributed by atoms with Crippen molar-refractivity contribution in [2.75, 3.05) is 6.61 Å². The number of hydrogen-bond donors (Lipinski definition) is 0. The van der Waals surface area contributed by atoms with Gasteiger partial charge in [-0.3, -0.25) is 4.79 Å². The van der Waals surface area contributed by atoms with Crippen molar-refractivity contribution in [3.05, 3.63) is 28.3 Å². The Kier molecular flexibility index (Phi) is 4.15. The molecule has 0 spiro atoms. The third-order valence-electron chi connectivity index (χ3n) is 2.10. The highest BCUT2D eigenvalue weighted by Crippen LogP contribution is 2.27. The van der Waals surface area contributed by atoms with Crippen LogP contribution in [0.4, 0.5) is 0 Å². The molecule has 1 rings (SSSR count). The zero-order valence-corrected chi connectivity index (χ0v) is 10.0. The molecule has 82 valence electrons. The normalized spacial score (nSPS) is 10.1. The van der Waals surface area contributed by atoms with E-state index in [1.807, 2.05) is 19.9 Å². The van der Waals surface area contributed by atoms with Crippen molar-refractivity contribution in [2.24, 2.45) is 0 Å². The summed E-state index contributed by atoms with van der Waals surface area (Å²) in [6.45, 7) is 6.04. The fourth-order valence-electron chi connectivity index (χ4n) is 1.26. The summed E-state index contributed by atoms with van der Waals surface area (Å²) in [6.07, 6.45) is 0.916. The van der Waals surface area contributed by atoms with Crippen LogP contribution in [0.2, 0.25) is 5.02 Å². The molecule has 0 aliphatic carbocycles. The molecule has 1 aromatic carbocycles. The van der Waals surface area contributed by atoms with E-state index < -0.39 is 0 Å². The molecule has 0 saturated heterocycles. The molecule has 0 aromatic heterocycles. The SMILES string of the molecule is CCCOc1cc(C)c(Cl)cc1C(C)=O. The van der Waals surface area contributed by atoms with Crippen molar-refractivity contribution in [1.29, 1.82) is 0 Å². The number of ketones is 1. The van der Waals surface area contributed by atoms with Crippen LogP contribution in [-0.2, 0) is 0 Å². The first-order valence-electron chi connectivity index (χ1n) is 5.00. The number of Topliss-reactive ketones (excluding diaryl/α,β-unsaturated/α-hetero) is 1. The van der Waals surface area contributed by atoms with Crippen molar-refractivity contribution in [3.8, 4) is 5.75 Å². The van der Waals surface area contributed by atoms with Gasteiger partial charge in [-0.05, 0) is 38.0 Å². The topological polar surface area (TPSA) is 26.3 Å². The van der Waals surface area contributed by atoms with Crippen LogP contribution < -0.4 is 4.74 Å². The molecular weight excluding hydrogens is 212 g/mol. The number of aryl methyl sites for hydroxylation is 1. The zero-order chi connectivity index (χ0) is 11.4. The van der Waals surface area contributed by atoms with Crippen LogP contribution >= 0.6 is 11.6 Å². The van der Waals surface area contributed by atoms with Gasteiger partial charge in [0, 0.05) is 5.02 Å². The first kappa shape index (κ1) is 12.1. The minimum Gasteiger partial charge on any atom is -0.493 e. The Bertz CT molecular complexity index is 372. The molecule has 0 radical (unpaired) electrons. The van der Waals surface area contributed by atoms with Crippen molar-refractivity contribution in [2.45, 2.75) is 27.2 Å². The quantitative estimate of drug-likeness (QED) is 0.733. The van der Waals surface area contributed by atoms with Crippen LogP contribution in [-0.4, -0.2) is 12.4 Å². The average molecular weight is 227 g/mol. The number of hydrogen-bond acceptors (Lipinski definition) is 2. The fraction of sp³-hybridized carbons (Fsp3) is 0.417. The molecule has 0 heterocycles. The number of halogens is 1. The van der Waals surface area contributed by atoms with E-state index in [9.17, 15) is 4.79 Å². The summed E-state index contributed by atoms with van der Waals surface area (Å²) in [6, 6.07) is 3.49. The minimum absolute atomic E-state index is 0.0250. The summed E-state index contributed by atoms with van der Waals surface area (Å²) in [5.74, 6) is 0.606. The lowest BCUT2D eigenvalue weighted by Gasteiger charge is -2.10. The number of carbonyl (C=O) groups is 1. The fourth-order valence-corrected chi connectivity index (χ4v) is 1.43. The lowest BCUT2D eigenvalue weighted by atomic mass is 10.1. The van der Waals surface area contributed by atoms with Crippen LogP contribution in [0.15, 0.2) is 12.1 Å².